The molecule has 0 spiro atoms. The van der Waals surface area contributed by atoms with Crippen LogP contribution in [0, 0.1) is 0 Å². The summed E-state index contributed by atoms with van der Waals surface area (Å²) in [7, 11) is 3.42. The van der Waals surface area contributed by atoms with Gasteiger partial charge in [0, 0.05) is 6.42 Å². The Balaban J connectivity index is 3.06. The van der Waals surface area contributed by atoms with Gasteiger partial charge in [-0.2, -0.15) is 0 Å². The van der Waals surface area contributed by atoms with Crippen molar-refractivity contribution in [2.24, 2.45) is 0 Å². The Kier molecular flexibility index (Phi) is 6.62. The number of hydrogen-bond acceptors (Lipinski definition) is 1. The Morgan fingerprint density at radius 2 is 2.20 bits per heavy atom. The molecule has 0 aromatic rings. The molecule has 2 nitrogen and oxygen atoms in total. The average Bonchev–Trinajstić information content (AvgIpc) is 1.79. The Labute approximate surface area is 71.6 Å². The summed E-state index contributed by atoms with van der Waals surface area (Å²) in [5.41, 5.74) is 0. The maximum Gasteiger partial charge on any atom is 0.303 e. The van der Waals surface area contributed by atoms with Gasteiger partial charge in [0.2, 0.25) is 15.5 Å². The monoisotopic (exact) mass is 243 g/mol. The van der Waals surface area contributed by atoms with Crippen molar-refractivity contribution < 1.29 is 9.90 Å². The van der Waals surface area contributed by atoms with Crippen LogP contribution in [0.25, 0.3) is 0 Å². The van der Waals surface area contributed by atoms with Crippen molar-refractivity contribution in [2.45, 2.75) is 19.3 Å². The van der Waals surface area contributed by atoms with Gasteiger partial charge < -0.3 is 5.11 Å². The van der Waals surface area contributed by atoms with Crippen molar-refractivity contribution in [3.63, 3.8) is 0 Å². The maximum absolute atomic E-state index is 10.0. The lowest BCUT2D eigenvalue weighted by atomic mass is 10.3. The highest BCUT2D eigenvalue weighted by molar-refractivity contribution is 9.40. The molecular weight excluding hydrogens is 234 g/mol. The Morgan fingerprint density at radius 1 is 1.60 bits per heavy atom. The Bertz CT molecular complexity index is 122. The lowest BCUT2D eigenvalue weighted by Gasteiger charge is -1.89. The Morgan fingerprint density at radius 3 is 2.60 bits per heavy atom. The number of carboxylic acids is 1. The van der Waals surface area contributed by atoms with Crippen molar-refractivity contribution >= 4 is 35.9 Å². The van der Waals surface area contributed by atoms with Gasteiger partial charge in [0.15, 0.2) is 5.91 Å². The third-order valence-corrected chi connectivity index (χ3v) is 3.44. The number of hydrogen-bond donors (Lipinski definition) is 1. The molecule has 0 aromatic carbocycles. The predicted molar refractivity (Wildman–Crippen MR) is 50.5 cm³/mol. The number of carbonyl (C=O) groups is 1. The molecule has 0 amide bonds. The number of halogens is 1. The van der Waals surface area contributed by atoms with Crippen LogP contribution in [0.5, 0.6) is 0 Å². The summed E-state index contributed by atoms with van der Waals surface area (Å²) in [6.45, 7) is 0. The van der Waals surface area contributed by atoms with Crippen LogP contribution in [-0.2, 0) is 4.79 Å². The molecule has 1 unspecified atom stereocenters. The standard InChI is InChI=1S/C5H9BrO2P2/c6-10(9)4-2-1-3-5(7)8/h9H,1-4H2/p+1. The predicted octanol–water partition coefficient (Wildman–Crippen LogP) is 3.09. The first kappa shape index (κ1) is 10.6. The van der Waals surface area contributed by atoms with Crippen LogP contribution in [0.2, 0.25) is 0 Å². The van der Waals surface area contributed by atoms with Gasteiger partial charge in [-0.05, 0) is 12.8 Å². The summed E-state index contributed by atoms with van der Waals surface area (Å²) in [6.07, 6.45) is 3.10. The zero-order valence-electron chi connectivity index (χ0n) is 5.51. The molecular formula is C5H10BrO2P2+. The van der Waals surface area contributed by atoms with Crippen LogP contribution in [0.4, 0.5) is 0 Å². The number of rotatable bonds is 5. The van der Waals surface area contributed by atoms with Crippen LogP contribution in [-0.4, -0.2) is 17.2 Å². The van der Waals surface area contributed by atoms with Gasteiger partial charge in [0.1, 0.15) is 14.7 Å². The fourth-order valence-electron chi connectivity index (χ4n) is 0.527. The normalized spacial score (nSPS) is 11.1. The molecule has 5 heteroatoms. The van der Waals surface area contributed by atoms with E-state index >= 15 is 0 Å². The molecule has 10 heavy (non-hydrogen) atoms. The molecule has 1 N–H and O–H groups in total. The van der Waals surface area contributed by atoms with Crippen LogP contribution in [0.1, 0.15) is 19.3 Å². The van der Waals surface area contributed by atoms with Gasteiger partial charge >= 0.3 is 5.97 Å². The van der Waals surface area contributed by atoms with Crippen molar-refractivity contribution in [1.29, 1.82) is 0 Å². The zero-order valence-corrected chi connectivity index (χ0v) is 8.99. The largest absolute Gasteiger partial charge is 0.481 e. The van der Waals surface area contributed by atoms with Crippen molar-refractivity contribution in [2.75, 3.05) is 6.16 Å². The lowest BCUT2D eigenvalue weighted by Crippen LogP contribution is -1.93. The van der Waals surface area contributed by atoms with Gasteiger partial charge in [-0.1, -0.05) is 0 Å². The molecule has 0 aliphatic rings. The van der Waals surface area contributed by atoms with Gasteiger partial charge in [-0.25, -0.2) is 0 Å². The third kappa shape index (κ3) is 8.55. The second kappa shape index (κ2) is 6.27. The number of unbranched alkanes of at least 4 members (excludes halogenated alkanes) is 1. The molecule has 0 radical (unpaired) electrons. The van der Waals surface area contributed by atoms with Gasteiger partial charge in [0.25, 0.3) is 0 Å². The fourth-order valence-corrected chi connectivity index (χ4v) is 2.25. The van der Waals surface area contributed by atoms with Gasteiger partial charge in [0.05, 0.1) is 0 Å². The minimum absolute atomic E-state index is 0.206. The molecule has 0 aliphatic carbocycles. The van der Waals surface area contributed by atoms with E-state index in [1.807, 2.05) is 0 Å². The molecule has 0 rings (SSSR count). The molecule has 1 atom stereocenters. The topological polar surface area (TPSA) is 37.3 Å². The van der Waals surface area contributed by atoms with E-state index in [0.717, 1.165) is 19.0 Å². The van der Waals surface area contributed by atoms with Crippen molar-refractivity contribution in [3.05, 3.63) is 0 Å². The molecule has 0 fully saturated rings. The second-order valence-electron chi connectivity index (χ2n) is 1.94. The highest BCUT2D eigenvalue weighted by Crippen LogP contribution is 2.37. The first-order valence-corrected chi connectivity index (χ1v) is 7.88. The molecule has 0 heterocycles. The minimum atomic E-state index is -0.701. The number of carboxylic acid groups (broad SMARTS) is 1. The summed E-state index contributed by atoms with van der Waals surface area (Å²) < 4.78 is 0. The molecule has 58 valence electrons. The summed E-state index contributed by atoms with van der Waals surface area (Å²) in [5, 5.41) is 8.26. The highest BCUT2D eigenvalue weighted by atomic mass is 79.9. The van der Waals surface area contributed by atoms with E-state index in [9.17, 15) is 4.79 Å². The van der Waals surface area contributed by atoms with E-state index in [2.05, 4.69) is 24.0 Å². The van der Waals surface area contributed by atoms with Crippen LogP contribution >= 0.6 is 29.9 Å². The first-order valence-electron chi connectivity index (χ1n) is 2.99. The zero-order chi connectivity index (χ0) is 7.98. The summed E-state index contributed by atoms with van der Waals surface area (Å²) >= 11 is 3.37. The fraction of sp³-hybridized carbons (Fsp3) is 0.800. The molecule has 0 aliphatic heterocycles. The van der Waals surface area contributed by atoms with Gasteiger partial charge in [-0.3, -0.25) is 4.79 Å². The van der Waals surface area contributed by atoms with E-state index in [1.165, 1.54) is 0 Å². The van der Waals surface area contributed by atoms with Crippen LogP contribution < -0.4 is 0 Å². The smallest absolute Gasteiger partial charge is 0.303 e. The van der Waals surface area contributed by atoms with E-state index < -0.39 is 5.97 Å². The second-order valence-corrected chi connectivity index (χ2v) is 9.26. The molecule has 0 saturated heterocycles. The molecule has 0 bridgehead atoms. The quantitative estimate of drug-likeness (QED) is 0.595. The Hall–Kier alpha value is 0.550. The first-order chi connectivity index (χ1) is 4.63. The van der Waals surface area contributed by atoms with E-state index in [4.69, 9.17) is 5.11 Å². The lowest BCUT2D eigenvalue weighted by molar-refractivity contribution is -0.137. The minimum Gasteiger partial charge on any atom is -0.481 e. The maximum atomic E-state index is 10.0. The van der Waals surface area contributed by atoms with Gasteiger partial charge in [-0.15, -0.1) is 0 Å². The summed E-state index contributed by atoms with van der Waals surface area (Å²) in [5.74, 6) is -0.907. The summed E-state index contributed by atoms with van der Waals surface area (Å²) in [4.78, 5) is 10.0. The van der Waals surface area contributed by atoms with Crippen molar-refractivity contribution in [3.8, 4) is 0 Å². The van der Waals surface area contributed by atoms with E-state index in [0.29, 0.717) is 6.42 Å². The highest BCUT2D eigenvalue weighted by Gasteiger charge is 2.02. The van der Waals surface area contributed by atoms with E-state index in [-0.39, 0.29) is 5.91 Å². The van der Waals surface area contributed by atoms with Crippen molar-refractivity contribution in [1.82, 2.24) is 0 Å². The average molecular weight is 244 g/mol. The third-order valence-electron chi connectivity index (χ3n) is 0.995. The van der Waals surface area contributed by atoms with Crippen LogP contribution in [0.3, 0.4) is 0 Å². The van der Waals surface area contributed by atoms with Crippen LogP contribution in [0.15, 0.2) is 0 Å². The molecule has 0 saturated carbocycles. The molecule has 0 aromatic heterocycles. The SMILES string of the molecule is O=C(O)CCCC[P+](=P)Br. The number of aliphatic carboxylic acids is 1. The summed E-state index contributed by atoms with van der Waals surface area (Å²) in [6, 6.07) is 0. The van der Waals surface area contributed by atoms with E-state index in [1.54, 1.807) is 0 Å².